The van der Waals surface area contributed by atoms with Crippen molar-refractivity contribution in [2.45, 2.75) is 38.5 Å². The molecule has 0 aliphatic heterocycles. The number of nitrogens with two attached hydrogens (primary N) is 1. The molecular formula is C17H25NO3. The first-order chi connectivity index (χ1) is 10.3. The smallest absolute Gasteiger partial charge is 0.129 e. The van der Waals surface area contributed by atoms with Crippen LogP contribution in [0.2, 0.25) is 0 Å². The first-order valence-corrected chi connectivity index (χ1v) is 7.80. The normalized spacial score (nSPS) is 17.8. The highest BCUT2D eigenvalue weighted by atomic mass is 16.5. The molecule has 0 radical (unpaired) electrons. The number of carbonyl (C=O) groups excluding carboxylic acids is 1. The summed E-state index contributed by atoms with van der Waals surface area (Å²) < 4.78 is 11.4. The zero-order chi connectivity index (χ0) is 15.0. The molecule has 0 bridgehead atoms. The summed E-state index contributed by atoms with van der Waals surface area (Å²) in [6, 6.07) is 7.51. The van der Waals surface area contributed by atoms with Crippen molar-refractivity contribution in [2.75, 3.05) is 19.8 Å². The third kappa shape index (κ3) is 4.74. The van der Waals surface area contributed by atoms with Crippen LogP contribution in [0, 0.1) is 5.41 Å². The van der Waals surface area contributed by atoms with Crippen LogP contribution in [0.4, 0.5) is 0 Å². The van der Waals surface area contributed by atoms with E-state index in [1.165, 1.54) is 12.8 Å². The fourth-order valence-electron chi connectivity index (χ4n) is 2.79. The van der Waals surface area contributed by atoms with E-state index in [1.807, 2.05) is 24.3 Å². The molecule has 1 aromatic rings. The molecule has 0 saturated heterocycles. The molecule has 0 aromatic heterocycles. The highest BCUT2D eigenvalue weighted by Gasteiger charge is 2.31. The number of ether oxygens (including phenoxy) is 2. The largest absolute Gasteiger partial charge is 0.492 e. The predicted octanol–water partition coefficient (Wildman–Crippen LogP) is 2.94. The van der Waals surface area contributed by atoms with Crippen molar-refractivity contribution in [3.05, 3.63) is 24.3 Å². The van der Waals surface area contributed by atoms with Gasteiger partial charge in [-0.05, 0) is 25.0 Å². The van der Waals surface area contributed by atoms with Crippen molar-refractivity contribution in [1.29, 1.82) is 0 Å². The molecule has 2 N–H and O–H groups in total. The van der Waals surface area contributed by atoms with Crippen LogP contribution < -0.4 is 15.2 Å². The van der Waals surface area contributed by atoms with E-state index in [0.717, 1.165) is 43.5 Å². The van der Waals surface area contributed by atoms with Crippen molar-refractivity contribution in [3.63, 3.8) is 0 Å². The van der Waals surface area contributed by atoms with Crippen molar-refractivity contribution in [2.24, 2.45) is 11.1 Å². The van der Waals surface area contributed by atoms with Gasteiger partial charge in [0.1, 0.15) is 31.0 Å². The van der Waals surface area contributed by atoms with Crippen LogP contribution in [-0.2, 0) is 4.79 Å². The average Bonchev–Trinajstić information content (AvgIpc) is 2.78. The molecule has 1 saturated carbocycles. The second-order valence-electron chi connectivity index (χ2n) is 5.80. The lowest BCUT2D eigenvalue weighted by Gasteiger charge is -2.26. The predicted molar refractivity (Wildman–Crippen MR) is 82.7 cm³/mol. The Balaban J connectivity index is 1.95. The van der Waals surface area contributed by atoms with Gasteiger partial charge < -0.3 is 20.0 Å². The van der Waals surface area contributed by atoms with Crippen molar-refractivity contribution in [3.8, 4) is 11.5 Å². The van der Waals surface area contributed by atoms with Gasteiger partial charge in [-0.1, -0.05) is 31.7 Å². The van der Waals surface area contributed by atoms with Gasteiger partial charge in [-0.15, -0.1) is 0 Å². The molecule has 21 heavy (non-hydrogen) atoms. The molecule has 2 rings (SSSR count). The molecule has 1 aliphatic rings. The molecule has 1 fully saturated rings. The maximum atomic E-state index is 11.5. The van der Waals surface area contributed by atoms with Crippen LogP contribution in [0.5, 0.6) is 11.5 Å². The lowest BCUT2D eigenvalue weighted by atomic mass is 9.83. The Bertz CT molecular complexity index is 439. The van der Waals surface area contributed by atoms with Gasteiger partial charge in [0, 0.05) is 12.6 Å². The summed E-state index contributed by atoms with van der Waals surface area (Å²) in [5.41, 5.74) is 5.11. The second kappa shape index (κ2) is 8.03. The van der Waals surface area contributed by atoms with Gasteiger partial charge in [0.2, 0.25) is 0 Å². The molecule has 116 valence electrons. The first-order valence-electron chi connectivity index (χ1n) is 7.80. The van der Waals surface area contributed by atoms with Crippen LogP contribution in [0.3, 0.4) is 0 Å². The van der Waals surface area contributed by atoms with E-state index >= 15 is 0 Å². The number of benzene rings is 1. The Morgan fingerprint density at radius 1 is 1.10 bits per heavy atom. The standard InChI is InChI=1S/C17H25NO3/c18-10-11-20-15-6-5-7-16(12-15)21-14-17(13-19)8-3-1-2-4-9-17/h5-7,12-13H,1-4,8-11,14,18H2. The van der Waals surface area contributed by atoms with Gasteiger partial charge in [-0.2, -0.15) is 0 Å². The Hall–Kier alpha value is -1.55. The van der Waals surface area contributed by atoms with Crippen LogP contribution in [0.1, 0.15) is 38.5 Å². The van der Waals surface area contributed by atoms with Crippen LogP contribution >= 0.6 is 0 Å². The highest BCUT2D eigenvalue weighted by Crippen LogP contribution is 2.34. The summed E-state index contributed by atoms with van der Waals surface area (Å²) in [4.78, 5) is 11.5. The third-order valence-electron chi connectivity index (χ3n) is 4.07. The van der Waals surface area contributed by atoms with Crippen LogP contribution in [0.15, 0.2) is 24.3 Å². The molecule has 0 amide bonds. The Morgan fingerprint density at radius 2 is 1.76 bits per heavy atom. The maximum Gasteiger partial charge on any atom is 0.129 e. The minimum atomic E-state index is -0.315. The minimum absolute atomic E-state index is 0.315. The van der Waals surface area contributed by atoms with Gasteiger partial charge in [0.25, 0.3) is 0 Å². The van der Waals surface area contributed by atoms with Crippen molar-refractivity contribution in [1.82, 2.24) is 0 Å². The van der Waals surface area contributed by atoms with E-state index in [0.29, 0.717) is 19.8 Å². The topological polar surface area (TPSA) is 61.6 Å². The number of carbonyl (C=O) groups is 1. The summed E-state index contributed by atoms with van der Waals surface area (Å²) in [5.74, 6) is 1.49. The first kappa shape index (κ1) is 15.8. The van der Waals surface area contributed by atoms with Gasteiger partial charge in [-0.3, -0.25) is 0 Å². The van der Waals surface area contributed by atoms with Crippen LogP contribution in [0.25, 0.3) is 0 Å². The summed E-state index contributed by atoms with van der Waals surface area (Å²) in [5, 5.41) is 0. The summed E-state index contributed by atoms with van der Waals surface area (Å²) in [6.07, 6.45) is 7.63. The minimum Gasteiger partial charge on any atom is -0.492 e. The quantitative estimate of drug-likeness (QED) is 0.620. The number of rotatable bonds is 7. The highest BCUT2D eigenvalue weighted by molar-refractivity contribution is 5.59. The monoisotopic (exact) mass is 291 g/mol. The van der Waals surface area contributed by atoms with E-state index in [1.54, 1.807) is 0 Å². The van der Waals surface area contributed by atoms with Gasteiger partial charge >= 0.3 is 0 Å². The SMILES string of the molecule is NCCOc1cccc(OCC2(C=O)CCCCCC2)c1. The van der Waals surface area contributed by atoms with E-state index < -0.39 is 0 Å². The van der Waals surface area contributed by atoms with Gasteiger partial charge in [0.05, 0.1) is 5.41 Å². The molecule has 4 nitrogen and oxygen atoms in total. The molecule has 4 heteroatoms. The lowest BCUT2D eigenvalue weighted by Crippen LogP contribution is -2.29. The van der Waals surface area contributed by atoms with E-state index in [-0.39, 0.29) is 5.41 Å². The Morgan fingerprint density at radius 3 is 2.38 bits per heavy atom. The molecule has 1 aliphatic carbocycles. The van der Waals surface area contributed by atoms with E-state index in [2.05, 4.69) is 0 Å². The summed E-state index contributed by atoms with van der Waals surface area (Å²) in [7, 11) is 0. The second-order valence-corrected chi connectivity index (χ2v) is 5.80. The zero-order valence-electron chi connectivity index (χ0n) is 12.6. The number of hydrogen-bond acceptors (Lipinski definition) is 4. The Labute approximate surface area is 126 Å². The fraction of sp³-hybridized carbons (Fsp3) is 0.588. The molecule has 0 atom stereocenters. The third-order valence-corrected chi connectivity index (χ3v) is 4.07. The van der Waals surface area contributed by atoms with Crippen LogP contribution in [-0.4, -0.2) is 26.0 Å². The Kier molecular flexibility index (Phi) is 6.05. The average molecular weight is 291 g/mol. The van der Waals surface area contributed by atoms with Crippen molar-refractivity contribution >= 4 is 6.29 Å². The maximum absolute atomic E-state index is 11.5. The lowest BCUT2D eigenvalue weighted by molar-refractivity contribution is -0.118. The van der Waals surface area contributed by atoms with Crippen molar-refractivity contribution < 1.29 is 14.3 Å². The molecule has 0 unspecified atom stereocenters. The zero-order valence-corrected chi connectivity index (χ0v) is 12.6. The number of aldehydes is 1. The van der Waals surface area contributed by atoms with E-state index in [9.17, 15) is 4.79 Å². The van der Waals surface area contributed by atoms with E-state index in [4.69, 9.17) is 15.2 Å². The summed E-state index contributed by atoms with van der Waals surface area (Å²) in [6.45, 7) is 1.43. The summed E-state index contributed by atoms with van der Waals surface area (Å²) >= 11 is 0. The fourth-order valence-corrected chi connectivity index (χ4v) is 2.79. The molecular weight excluding hydrogens is 266 g/mol. The molecule has 0 spiro atoms. The number of hydrogen-bond donors (Lipinski definition) is 1. The molecule has 1 aromatic carbocycles. The van der Waals surface area contributed by atoms with Gasteiger partial charge in [-0.25, -0.2) is 0 Å². The van der Waals surface area contributed by atoms with Gasteiger partial charge in [0.15, 0.2) is 0 Å². The molecule has 0 heterocycles.